The molecule has 0 bridgehead atoms. The first-order chi connectivity index (χ1) is 16.9. The molecule has 1 amide bonds. The van der Waals surface area contributed by atoms with Crippen molar-refractivity contribution in [3.05, 3.63) is 59.7 Å². The summed E-state index contributed by atoms with van der Waals surface area (Å²) in [7, 11) is 2.18. The molecule has 0 aromatic heterocycles. The average Bonchev–Trinajstić information content (AvgIpc) is 3.68. The van der Waals surface area contributed by atoms with E-state index in [0.29, 0.717) is 18.3 Å². The highest BCUT2D eigenvalue weighted by atomic mass is 16.2. The number of carbonyl (C=O) groups excluding carboxylic acids is 1. The van der Waals surface area contributed by atoms with Crippen molar-refractivity contribution in [1.82, 2.24) is 15.1 Å². The number of hydrogen-bond donors (Lipinski definition) is 2. The number of piperazine rings is 1. The molecule has 2 aromatic rings. The van der Waals surface area contributed by atoms with Crippen LogP contribution >= 0.6 is 0 Å². The molecule has 2 aromatic carbocycles. The number of nitrogens with two attached hydrogens (primary N) is 1. The predicted molar refractivity (Wildman–Crippen MR) is 138 cm³/mol. The Labute approximate surface area is 209 Å². The Kier molecular flexibility index (Phi) is 6.93. The summed E-state index contributed by atoms with van der Waals surface area (Å²) in [5.74, 6) is 0.751. The highest BCUT2D eigenvalue weighted by molar-refractivity contribution is 5.87. The van der Waals surface area contributed by atoms with E-state index in [1.54, 1.807) is 0 Å². The fraction of sp³-hybridized carbons (Fsp3) is 0.517. The van der Waals surface area contributed by atoms with Crippen LogP contribution in [0.1, 0.15) is 36.8 Å². The minimum atomic E-state index is -0.793. The number of likely N-dealkylation sites (N-methyl/N-ethyl adjacent to an activating group) is 1. The van der Waals surface area contributed by atoms with Gasteiger partial charge in [0.15, 0.2) is 0 Å². The lowest BCUT2D eigenvalue weighted by Crippen LogP contribution is -2.59. The summed E-state index contributed by atoms with van der Waals surface area (Å²) in [6.45, 7) is 5.51. The highest BCUT2D eigenvalue weighted by Gasteiger charge is 2.56. The van der Waals surface area contributed by atoms with E-state index < -0.39 is 11.6 Å². The summed E-state index contributed by atoms with van der Waals surface area (Å²) >= 11 is 0. The monoisotopic (exact) mass is 471 g/mol. The van der Waals surface area contributed by atoms with Crippen molar-refractivity contribution < 1.29 is 4.79 Å². The lowest BCUT2D eigenvalue weighted by molar-refractivity contribution is -0.128. The van der Waals surface area contributed by atoms with Crippen molar-refractivity contribution in [2.45, 2.75) is 50.2 Å². The van der Waals surface area contributed by atoms with Gasteiger partial charge in [0.25, 0.3) is 0 Å². The Morgan fingerprint density at radius 1 is 1.09 bits per heavy atom. The minimum Gasteiger partial charge on any atom is -0.338 e. The lowest BCUT2D eigenvalue weighted by Gasteiger charge is -2.32. The molecule has 3 fully saturated rings. The number of amides is 1. The predicted octanol–water partition coefficient (Wildman–Crippen LogP) is 3.17. The summed E-state index contributed by atoms with van der Waals surface area (Å²) < 4.78 is 0. The molecule has 6 heteroatoms. The van der Waals surface area contributed by atoms with Gasteiger partial charge in [-0.05, 0) is 54.0 Å². The van der Waals surface area contributed by atoms with Gasteiger partial charge in [-0.1, -0.05) is 61.4 Å². The van der Waals surface area contributed by atoms with Gasteiger partial charge in [-0.2, -0.15) is 5.26 Å². The van der Waals surface area contributed by atoms with Crippen LogP contribution in [-0.2, 0) is 17.8 Å². The van der Waals surface area contributed by atoms with E-state index in [-0.39, 0.29) is 5.91 Å². The number of fused-ring (bicyclic) bond motifs is 1. The number of benzene rings is 2. The summed E-state index contributed by atoms with van der Waals surface area (Å²) in [6.07, 6.45) is 4.45. The molecule has 1 saturated heterocycles. The van der Waals surface area contributed by atoms with E-state index in [1.807, 2.05) is 0 Å². The minimum absolute atomic E-state index is 0.149. The molecule has 6 nitrogen and oxygen atoms in total. The van der Waals surface area contributed by atoms with Gasteiger partial charge in [-0.15, -0.1) is 0 Å². The second-order valence-corrected chi connectivity index (χ2v) is 10.9. The van der Waals surface area contributed by atoms with Crippen molar-refractivity contribution in [1.29, 1.82) is 5.26 Å². The first kappa shape index (κ1) is 24.0. The van der Waals surface area contributed by atoms with Crippen LogP contribution in [0.3, 0.4) is 0 Å². The third-order valence-corrected chi connectivity index (χ3v) is 8.32. The van der Waals surface area contributed by atoms with E-state index >= 15 is 0 Å². The van der Waals surface area contributed by atoms with Gasteiger partial charge >= 0.3 is 0 Å². The fourth-order valence-corrected chi connectivity index (χ4v) is 5.88. The number of carbonyl (C=O) groups is 1. The van der Waals surface area contributed by atoms with Crippen LogP contribution < -0.4 is 11.1 Å². The Balaban J connectivity index is 1.16. The van der Waals surface area contributed by atoms with Crippen LogP contribution in [0.4, 0.5) is 0 Å². The van der Waals surface area contributed by atoms with Crippen LogP contribution in [-0.4, -0.2) is 60.5 Å². The molecule has 2 saturated carbocycles. The molecule has 5 rings (SSSR count). The first-order valence-corrected chi connectivity index (χ1v) is 13.0. The molecule has 184 valence electrons. The van der Waals surface area contributed by atoms with Crippen molar-refractivity contribution in [2.75, 3.05) is 33.2 Å². The Morgan fingerprint density at radius 2 is 1.71 bits per heavy atom. The standard InChI is InChI=1S/C29H37N5O/c1-33-13-15-34(16-14-33)20-22-6-10-24(11-7-22)23-8-4-21(5-9-23)17-26(19-30)32-28(35)29(31)12-2-3-25-18-27(25)29/h4-11,25-27H,2-3,12-18,20,31H2,1H3,(H,32,35)/t25-,26+,27+,29+/m1/s1. The third kappa shape index (κ3) is 5.43. The molecular weight excluding hydrogens is 434 g/mol. The summed E-state index contributed by atoms with van der Waals surface area (Å²) in [5, 5.41) is 12.6. The van der Waals surface area contributed by atoms with Gasteiger partial charge in [0.2, 0.25) is 5.91 Å². The molecule has 0 radical (unpaired) electrons. The zero-order valence-corrected chi connectivity index (χ0v) is 20.7. The first-order valence-electron chi connectivity index (χ1n) is 13.0. The van der Waals surface area contributed by atoms with E-state index in [1.165, 1.54) is 17.5 Å². The van der Waals surface area contributed by atoms with Gasteiger partial charge in [0.1, 0.15) is 6.04 Å². The van der Waals surface area contributed by atoms with Gasteiger partial charge in [0, 0.05) is 39.1 Å². The van der Waals surface area contributed by atoms with Crippen molar-refractivity contribution in [2.24, 2.45) is 17.6 Å². The quantitative estimate of drug-likeness (QED) is 0.648. The second-order valence-electron chi connectivity index (χ2n) is 10.9. The molecule has 1 heterocycles. The summed E-state index contributed by atoms with van der Waals surface area (Å²) in [4.78, 5) is 17.8. The molecule has 0 unspecified atom stereocenters. The van der Waals surface area contributed by atoms with Crippen molar-refractivity contribution >= 4 is 5.91 Å². The van der Waals surface area contributed by atoms with E-state index in [2.05, 4.69) is 76.8 Å². The van der Waals surface area contributed by atoms with Crippen molar-refractivity contribution in [3.8, 4) is 17.2 Å². The molecular formula is C29H37N5O. The molecule has 35 heavy (non-hydrogen) atoms. The number of nitriles is 1. The maximum atomic E-state index is 12.9. The number of nitrogens with zero attached hydrogens (tertiary/aromatic N) is 3. The largest absolute Gasteiger partial charge is 0.338 e. The topological polar surface area (TPSA) is 85.4 Å². The highest BCUT2D eigenvalue weighted by Crippen LogP contribution is 2.53. The molecule has 1 aliphatic heterocycles. The van der Waals surface area contributed by atoms with Crippen LogP contribution in [0.15, 0.2) is 48.5 Å². The molecule has 0 spiro atoms. The van der Waals surface area contributed by atoms with Gasteiger partial charge in [-0.25, -0.2) is 0 Å². The third-order valence-electron chi connectivity index (χ3n) is 8.32. The number of rotatable bonds is 7. The zero-order valence-electron chi connectivity index (χ0n) is 20.7. The van der Waals surface area contributed by atoms with Crippen LogP contribution in [0.5, 0.6) is 0 Å². The van der Waals surface area contributed by atoms with Crippen LogP contribution in [0, 0.1) is 23.2 Å². The number of nitrogens with one attached hydrogen (secondary N) is 1. The fourth-order valence-electron chi connectivity index (χ4n) is 5.88. The second kappa shape index (κ2) is 10.1. The van der Waals surface area contributed by atoms with Gasteiger partial charge in [-0.3, -0.25) is 9.69 Å². The summed E-state index contributed by atoms with van der Waals surface area (Å²) in [5.41, 5.74) is 10.4. The van der Waals surface area contributed by atoms with Crippen LogP contribution in [0.2, 0.25) is 0 Å². The molecule has 3 aliphatic rings. The Hall–Kier alpha value is -2.72. The normalized spacial score (nSPS) is 27.5. The van der Waals surface area contributed by atoms with Crippen molar-refractivity contribution in [3.63, 3.8) is 0 Å². The Morgan fingerprint density at radius 3 is 2.34 bits per heavy atom. The Bertz CT molecular complexity index is 1070. The lowest BCUT2D eigenvalue weighted by atomic mass is 9.81. The average molecular weight is 472 g/mol. The maximum absolute atomic E-state index is 12.9. The SMILES string of the molecule is CN1CCN(Cc2ccc(-c3ccc(C[C@@H](C#N)NC(=O)[C@]4(N)CCC[C@@H]5C[C@@H]54)cc3)cc2)CC1. The molecule has 4 atom stereocenters. The van der Waals surface area contributed by atoms with E-state index in [4.69, 9.17) is 5.73 Å². The summed E-state index contributed by atoms with van der Waals surface area (Å²) in [6, 6.07) is 18.8. The van der Waals surface area contributed by atoms with E-state index in [9.17, 15) is 10.1 Å². The van der Waals surface area contributed by atoms with Gasteiger partial charge < -0.3 is 16.0 Å². The molecule has 2 aliphatic carbocycles. The van der Waals surface area contributed by atoms with Gasteiger partial charge in [0.05, 0.1) is 11.6 Å². The molecule has 3 N–H and O–H groups in total. The van der Waals surface area contributed by atoms with Crippen LogP contribution in [0.25, 0.3) is 11.1 Å². The number of hydrogen-bond acceptors (Lipinski definition) is 5. The van der Waals surface area contributed by atoms with E-state index in [0.717, 1.165) is 63.1 Å². The maximum Gasteiger partial charge on any atom is 0.241 e. The zero-order chi connectivity index (χ0) is 24.4. The smallest absolute Gasteiger partial charge is 0.241 e.